The zero-order valence-corrected chi connectivity index (χ0v) is 20.6. The standard InChI is InChI=1S/C29H36F4O/c1-4-6-7-9-20-16-19-14-15-21-24(22(19)26(31)25(20)30)28(33)27(32)23(29(21)34-3)18-12-10-17(8-5-2)11-13-18/h16-18H,4-15H2,1-3H3. The third-order valence-corrected chi connectivity index (χ3v) is 7.93. The first-order valence-corrected chi connectivity index (χ1v) is 13.0. The van der Waals surface area contributed by atoms with Crippen molar-refractivity contribution in [1.82, 2.24) is 0 Å². The number of ether oxygens (including phenoxy) is 1. The van der Waals surface area contributed by atoms with Crippen LogP contribution in [0.3, 0.4) is 0 Å². The monoisotopic (exact) mass is 476 g/mol. The van der Waals surface area contributed by atoms with Gasteiger partial charge >= 0.3 is 0 Å². The van der Waals surface area contributed by atoms with E-state index >= 15 is 13.2 Å². The molecule has 2 aliphatic rings. The van der Waals surface area contributed by atoms with E-state index in [1.54, 1.807) is 6.07 Å². The van der Waals surface area contributed by atoms with Gasteiger partial charge in [-0.1, -0.05) is 45.6 Å². The Balaban J connectivity index is 1.78. The molecule has 0 amide bonds. The van der Waals surface area contributed by atoms with Crippen LogP contribution in [0.4, 0.5) is 17.6 Å². The molecule has 0 spiro atoms. The first-order chi connectivity index (χ1) is 16.4. The zero-order chi connectivity index (χ0) is 24.4. The minimum absolute atomic E-state index is 0.119. The lowest BCUT2D eigenvalue weighted by molar-refractivity contribution is 0.294. The smallest absolute Gasteiger partial charge is 0.167 e. The van der Waals surface area contributed by atoms with Gasteiger partial charge in [0, 0.05) is 22.3 Å². The molecule has 2 aromatic carbocycles. The lowest BCUT2D eigenvalue weighted by Crippen LogP contribution is -2.19. The van der Waals surface area contributed by atoms with Gasteiger partial charge in [-0.25, -0.2) is 17.6 Å². The largest absolute Gasteiger partial charge is 0.496 e. The highest BCUT2D eigenvalue weighted by molar-refractivity contribution is 5.78. The molecule has 1 nitrogen and oxygen atoms in total. The molecule has 0 radical (unpaired) electrons. The summed E-state index contributed by atoms with van der Waals surface area (Å²) in [6, 6.07) is 1.65. The van der Waals surface area contributed by atoms with Crippen molar-refractivity contribution < 1.29 is 22.3 Å². The fourth-order valence-corrected chi connectivity index (χ4v) is 6.19. The van der Waals surface area contributed by atoms with Gasteiger partial charge in [-0.2, -0.15) is 0 Å². The average molecular weight is 477 g/mol. The Bertz CT molecular complexity index is 1040. The molecule has 0 N–H and O–H groups in total. The summed E-state index contributed by atoms with van der Waals surface area (Å²) >= 11 is 0. The number of rotatable bonds is 8. The maximum absolute atomic E-state index is 15.6. The van der Waals surface area contributed by atoms with Gasteiger partial charge < -0.3 is 4.74 Å². The van der Waals surface area contributed by atoms with Crippen LogP contribution in [-0.4, -0.2) is 7.11 Å². The summed E-state index contributed by atoms with van der Waals surface area (Å²) in [4.78, 5) is 0. The van der Waals surface area contributed by atoms with Crippen LogP contribution in [0.5, 0.6) is 5.75 Å². The summed E-state index contributed by atoms with van der Waals surface area (Å²) in [5.41, 5.74) is 1.33. The first kappa shape index (κ1) is 25.1. The number of benzene rings is 2. The van der Waals surface area contributed by atoms with Crippen LogP contribution in [0, 0.1) is 29.2 Å². The third kappa shape index (κ3) is 4.47. The lowest BCUT2D eigenvalue weighted by atomic mass is 9.74. The van der Waals surface area contributed by atoms with E-state index in [4.69, 9.17) is 4.74 Å². The summed E-state index contributed by atoms with van der Waals surface area (Å²) in [5.74, 6) is -3.21. The van der Waals surface area contributed by atoms with Crippen LogP contribution < -0.4 is 4.74 Å². The third-order valence-electron chi connectivity index (χ3n) is 7.93. The maximum Gasteiger partial charge on any atom is 0.167 e. The molecule has 34 heavy (non-hydrogen) atoms. The highest BCUT2D eigenvalue weighted by Gasteiger charge is 2.36. The topological polar surface area (TPSA) is 9.23 Å². The van der Waals surface area contributed by atoms with E-state index < -0.39 is 23.3 Å². The van der Waals surface area contributed by atoms with Crippen molar-refractivity contribution in [2.24, 2.45) is 5.92 Å². The number of hydrogen-bond donors (Lipinski definition) is 0. The van der Waals surface area contributed by atoms with Crippen LogP contribution >= 0.6 is 0 Å². The molecular formula is C29H36F4O. The number of fused-ring (bicyclic) bond motifs is 3. The molecule has 2 aromatic rings. The molecule has 0 heterocycles. The number of methoxy groups -OCH3 is 1. The fourth-order valence-electron chi connectivity index (χ4n) is 6.19. The number of halogens is 4. The van der Waals surface area contributed by atoms with Crippen LogP contribution in [-0.2, 0) is 19.3 Å². The number of aryl methyl sites for hydroxylation is 2. The van der Waals surface area contributed by atoms with Gasteiger partial charge in [-0.3, -0.25) is 0 Å². The molecule has 0 bridgehead atoms. The molecule has 5 heteroatoms. The van der Waals surface area contributed by atoms with Crippen molar-refractivity contribution in [3.63, 3.8) is 0 Å². The van der Waals surface area contributed by atoms with Crippen LogP contribution in [0.15, 0.2) is 6.07 Å². The van der Waals surface area contributed by atoms with Crippen molar-refractivity contribution in [1.29, 1.82) is 0 Å². The molecule has 0 aromatic heterocycles. The Morgan fingerprint density at radius 1 is 0.824 bits per heavy atom. The van der Waals surface area contributed by atoms with Crippen LogP contribution in [0.25, 0.3) is 11.1 Å². The summed E-state index contributed by atoms with van der Waals surface area (Å²) < 4.78 is 67.2. The molecule has 0 aliphatic heterocycles. The molecule has 2 aliphatic carbocycles. The van der Waals surface area contributed by atoms with E-state index in [2.05, 4.69) is 13.8 Å². The second-order valence-electron chi connectivity index (χ2n) is 10.1. The van der Waals surface area contributed by atoms with E-state index in [0.717, 1.165) is 57.8 Å². The van der Waals surface area contributed by atoms with Crippen molar-refractivity contribution in [3.8, 4) is 16.9 Å². The van der Waals surface area contributed by atoms with Gasteiger partial charge in [-0.15, -0.1) is 0 Å². The summed E-state index contributed by atoms with van der Waals surface area (Å²) in [6.45, 7) is 4.22. The number of unbranched alkanes of at least 4 members (excludes halogenated alkanes) is 2. The molecular weight excluding hydrogens is 440 g/mol. The lowest BCUT2D eigenvalue weighted by Gasteiger charge is -2.32. The van der Waals surface area contributed by atoms with Gasteiger partial charge in [0.1, 0.15) is 5.75 Å². The zero-order valence-electron chi connectivity index (χ0n) is 20.6. The Hall–Kier alpha value is -2.04. The van der Waals surface area contributed by atoms with E-state index in [1.165, 1.54) is 7.11 Å². The van der Waals surface area contributed by atoms with E-state index in [-0.39, 0.29) is 22.6 Å². The maximum atomic E-state index is 15.6. The molecule has 1 saturated carbocycles. The van der Waals surface area contributed by atoms with Gasteiger partial charge in [0.05, 0.1) is 7.11 Å². The van der Waals surface area contributed by atoms with Gasteiger partial charge in [0.25, 0.3) is 0 Å². The summed E-state index contributed by atoms with van der Waals surface area (Å²) in [5, 5.41) is 0. The fraction of sp³-hybridized carbons (Fsp3) is 0.586. The van der Waals surface area contributed by atoms with Gasteiger partial charge in [0.2, 0.25) is 0 Å². The van der Waals surface area contributed by atoms with Gasteiger partial charge in [-0.05, 0) is 74.3 Å². The van der Waals surface area contributed by atoms with Gasteiger partial charge in [0.15, 0.2) is 23.3 Å². The Labute approximate surface area is 200 Å². The molecule has 4 rings (SSSR count). The second-order valence-corrected chi connectivity index (χ2v) is 10.1. The van der Waals surface area contributed by atoms with E-state index in [1.807, 2.05) is 0 Å². The predicted octanol–water partition coefficient (Wildman–Crippen LogP) is 8.82. The van der Waals surface area contributed by atoms with Crippen LogP contribution in [0.1, 0.15) is 99.8 Å². The Kier molecular flexibility index (Phi) is 7.89. The molecule has 0 saturated heterocycles. The van der Waals surface area contributed by atoms with Crippen molar-refractivity contribution in [3.05, 3.63) is 51.6 Å². The Morgan fingerprint density at radius 2 is 1.53 bits per heavy atom. The van der Waals surface area contributed by atoms with Crippen molar-refractivity contribution in [2.75, 3.05) is 7.11 Å². The highest BCUT2D eigenvalue weighted by atomic mass is 19.2. The highest BCUT2D eigenvalue weighted by Crippen LogP contribution is 2.50. The van der Waals surface area contributed by atoms with Crippen molar-refractivity contribution in [2.45, 2.75) is 96.8 Å². The van der Waals surface area contributed by atoms with E-state index in [9.17, 15) is 4.39 Å². The number of hydrogen-bond acceptors (Lipinski definition) is 1. The second kappa shape index (κ2) is 10.7. The summed E-state index contributed by atoms with van der Waals surface area (Å²) in [6.07, 6.45) is 9.83. The van der Waals surface area contributed by atoms with Crippen molar-refractivity contribution >= 4 is 0 Å². The normalized spacial score (nSPS) is 19.6. The molecule has 1 fully saturated rings. The quantitative estimate of drug-likeness (QED) is 0.273. The molecule has 0 unspecified atom stereocenters. The minimum atomic E-state index is -1.07. The first-order valence-electron chi connectivity index (χ1n) is 13.0. The predicted molar refractivity (Wildman–Crippen MR) is 129 cm³/mol. The Morgan fingerprint density at radius 3 is 2.18 bits per heavy atom. The van der Waals surface area contributed by atoms with Crippen LogP contribution in [0.2, 0.25) is 0 Å². The van der Waals surface area contributed by atoms with E-state index in [0.29, 0.717) is 47.6 Å². The minimum Gasteiger partial charge on any atom is -0.496 e. The molecule has 0 atom stereocenters. The average Bonchev–Trinajstić information content (AvgIpc) is 2.84. The summed E-state index contributed by atoms with van der Waals surface area (Å²) in [7, 11) is 1.46. The SMILES string of the molecule is CCCCCc1cc2c(c(F)c1F)-c1c(F)c(F)c(C3CCC(CCC)CC3)c(OC)c1CC2. The molecule has 186 valence electrons.